The molecule has 94 valence electrons. The van der Waals surface area contributed by atoms with E-state index in [0.717, 1.165) is 31.2 Å². The van der Waals surface area contributed by atoms with Crippen molar-refractivity contribution in [1.82, 2.24) is 0 Å². The second-order valence-corrected chi connectivity index (χ2v) is 4.62. The van der Waals surface area contributed by atoms with Crippen LogP contribution >= 0.6 is 0 Å². The van der Waals surface area contributed by atoms with Gasteiger partial charge in [-0.2, -0.15) is 0 Å². The van der Waals surface area contributed by atoms with Crippen LogP contribution in [0, 0.1) is 0 Å². The molecule has 0 aromatic heterocycles. The minimum atomic E-state index is 0.00261. The Morgan fingerprint density at radius 2 is 1.82 bits per heavy atom. The van der Waals surface area contributed by atoms with Gasteiger partial charge in [0.2, 0.25) is 0 Å². The summed E-state index contributed by atoms with van der Waals surface area (Å²) in [6.45, 7) is 4.24. The van der Waals surface area contributed by atoms with Gasteiger partial charge in [0.1, 0.15) is 0 Å². The van der Waals surface area contributed by atoms with Crippen molar-refractivity contribution in [3.63, 3.8) is 0 Å². The van der Waals surface area contributed by atoms with Gasteiger partial charge in [-0.15, -0.1) is 0 Å². The highest BCUT2D eigenvalue weighted by atomic mass is 16.1. The van der Waals surface area contributed by atoms with Crippen molar-refractivity contribution in [2.75, 3.05) is 0 Å². The lowest BCUT2D eigenvalue weighted by atomic mass is 9.99. The maximum absolute atomic E-state index is 11.9. The summed E-state index contributed by atoms with van der Waals surface area (Å²) < 4.78 is 0. The smallest absolute Gasteiger partial charge is 0.164 e. The van der Waals surface area contributed by atoms with Gasteiger partial charge in [-0.3, -0.25) is 4.79 Å². The van der Waals surface area contributed by atoms with E-state index >= 15 is 0 Å². The van der Waals surface area contributed by atoms with Crippen molar-refractivity contribution in [3.8, 4) is 0 Å². The predicted octanol–water partition coefficient (Wildman–Crippen LogP) is 3.34. The average molecular weight is 233 g/mol. The highest BCUT2D eigenvalue weighted by Crippen LogP contribution is 2.10. The predicted molar refractivity (Wildman–Crippen MR) is 72.3 cm³/mol. The average Bonchev–Trinajstić information content (AvgIpc) is 2.30. The van der Waals surface area contributed by atoms with Crippen LogP contribution in [0.25, 0.3) is 0 Å². The SMILES string of the molecule is CCCc1ccc(C(=O)CC(N)CCC)cc1. The molecule has 17 heavy (non-hydrogen) atoms. The molecular formula is C15H23NO. The largest absolute Gasteiger partial charge is 0.327 e. The number of benzene rings is 1. The maximum atomic E-state index is 11.9. The first kappa shape index (κ1) is 13.9. The molecule has 0 amide bonds. The van der Waals surface area contributed by atoms with Crippen LogP contribution in [0.2, 0.25) is 0 Å². The quantitative estimate of drug-likeness (QED) is 0.734. The number of aryl methyl sites for hydroxylation is 1. The molecule has 0 saturated heterocycles. The Hall–Kier alpha value is -1.15. The minimum Gasteiger partial charge on any atom is -0.327 e. The van der Waals surface area contributed by atoms with E-state index in [-0.39, 0.29) is 11.8 Å². The van der Waals surface area contributed by atoms with Gasteiger partial charge in [0.05, 0.1) is 0 Å². The molecule has 0 aliphatic rings. The van der Waals surface area contributed by atoms with Crippen LogP contribution in [0.3, 0.4) is 0 Å². The second-order valence-electron chi connectivity index (χ2n) is 4.62. The van der Waals surface area contributed by atoms with Crippen LogP contribution in [-0.2, 0) is 6.42 Å². The lowest BCUT2D eigenvalue weighted by Gasteiger charge is -2.09. The molecule has 0 saturated carbocycles. The molecule has 0 aliphatic heterocycles. The summed E-state index contributed by atoms with van der Waals surface area (Å²) in [6, 6.07) is 7.94. The first-order valence-corrected chi connectivity index (χ1v) is 6.55. The zero-order chi connectivity index (χ0) is 12.7. The fourth-order valence-corrected chi connectivity index (χ4v) is 1.97. The molecule has 0 bridgehead atoms. The van der Waals surface area contributed by atoms with Crippen molar-refractivity contribution in [2.24, 2.45) is 5.73 Å². The number of carbonyl (C=O) groups is 1. The molecule has 0 fully saturated rings. The van der Waals surface area contributed by atoms with E-state index in [1.807, 2.05) is 24.3 Å². The lowest BCUT2D eigenvalue weighted by Crippen LogP contribution is -2.23. The molecule has 2 nitrogen and oxygen atoms in total. The van der Waals surface area contributed by atoms with Gasteiger partial charge in [-0.25, -0.2) is 0 Å². The fraction of sp³-hybridized carbons (Fsp3) is 0.533. The van der Waals surface area contributed by atoms with Gasteiger partial charge in [0.25, 0.3) is 0 Å². The van der Waals surface area contributed by atoms with Gasteiger partial charge in [-0.1, -0.05) is 51.0 Å². The van der Waals surface area contributed by atoms with E-state index in [2.05, 4.69) is 13.8 Å². The Morgan fingerprint density at radius 3 is 2.35 bits per heavy atom. The van der Waals surface area contributed by atoms with Gasteiger partial charge >= 0.3 is 0 Å². The number of hydrogen-bond donors (Lipinski definition) is 1. The van der Waals surface area contributed by atoms with E-state index in [4.69, 9.17) is 5.73 Å². The van der Waals surface area contributed by atoms with E-state index < -0.39 is 0 Å². The monoisotopic (exact) mass is 233 g/mol. The minimum absolute atomic E-state index is 0.00261. The highest BCUT2D eigenvalue weighted by Gasteiger charge is 2.10. The maximum Gasteiger partial charge on any atom is 0.164 e. The van der Waals surface area contributed by atoms with Gasteiger partial charge < -0.3 is 5.73 Å². The molecule has 2 N–H and O–H groups in total. The van der Waals surface area contributed by atoms with Crippen molar-refractivity contribution in [2.45, 2.75) is 52.0 Å². The molecule has 1 atom stereocenters. The summed E-state index contributed by atoms with van der Waals surface area (Å²) >= 11 is 0. The molecule has 1 aromatic carbocycles. The molecule has 1 aromatic rings. The first-order chi connectivity index (χ1) is 8.17. The van der Waals surface area contributed by atoms with Gasteiger partial charge in [-0.05, 0) is 18.4 Å². The third kappa shape index (κ3) is 4.70. The summed E-state index contributed by atoms with van der Waals surface area (Å²) in [7, 11) is 0. The van der Waals surface area contributed by atoms with Crippen LogP contribution in [0.4, 0.5) is 0 Å². The van der Waals surface area contributed by atoms with E-state index in [9.17, 15) is 4.79 Å². The summed E-state index contributed by atoms with van der Waals surface area (Å²) in [5, 5.41) is 0. The zero-order valence-electron chi connectivity index (χ0n) is 10.9. The third-order valence-electron chi connectivity index (χ3n) is 2.92. The third-order valence-corrected chi connectivity index (χ3v) is 2.92. The van der Waals surface area contributed by atoms with Crippen LogP contribution in [-0.4, -0.2) is 11.8 Å². The normalized spacial score (nSPS) is 12.4. The number of ketones is 1. The Labute approximate surface area is 104 Å². The zero-order valence-corrected chi connectivity index (χ0v) is 10.9. The van der Waals surface area contributed by atoms with Crippen LogP contribution < -0.4 is 5.73 Å². The summed E-state index contributed by atoms with van der Waals surface area (Å²) in [4.78, 5) is 11.9. The Bertz CT molecular complexity index is 342. The first-order valence-electron chi connectivity index (χ1n) is 6.55. The fourth-order valence-electron chi connectivity index (χ4n) is 1.97. The molecule has 0 heterocycles. The molecule has 1 unspecified atom stereocenters. The molecule has 1 rings (SSSR count). The van der Waals surface area contributed by atoms with Gasteiger partial charge in [0, 0.05) is 18.0 Å². The second kappa shape index (κ2) is 7.23. The van der Waals surface area contributed by atoms with Crippen molar-refractivity contribution >= 4 is 5.78 Å². The number of hydrogen-bond acceptors (Lipinski definition) is 2. The molecule has 0 radical (unpaired) electrons. The van der Waals surface area contributed by atoms with E-state index in [1.165, 1.54) is 5.56 Å². The van der Waals surface area contributed by atoms with Crippen molar-refractivity contribution in [1.29, 1.82) is 0 Å². The number of Topliss-reactive ketones (excluding diaryl/α,β-unsaturated/α-hetero) is 1. The Balaban J connectivity index is 2.57. The molecular weight excluding hydrogens is 210 g/mol. The van der Waals surface area contributed by atoms with Crippen LogP contribution in [0.15, 0.2) is 24.3 Å². The van der Waals surface area contributed by atoms with Crippen molar-refractivity contribution < 1.29 is 4.79 Å². The Kier molecular flexibility index (Phi) is 5.92. The standard InChI is InChI=1S/C15H23NO/c1-3-5-12-7-9-13(10-8-12)15(17)11-14(16)6-4-2/h7-10,14H,3-6,11,16H2,1-2H3. The van der Waals surface area contributed by atoms with Crippen LogP contribution in [0.1, 0.15) is 55.5 Å². The van der Waals surface area contributed by atoms with Gasteiger partial charge in [0.15, 0.2) is 5.78 Å². The lowest BCUT2D eigenvalue weighted by molar-refractivity contribution is 0.0973. The van der Waals surface area contributed by atoms with Crippen molar-refractivity contribution in [3.05, 3.63) is 35.4 Å². The van der Waals surface area contributed by atoms with Crippen LogP contribution in [0.5, 0.6) is 0 Å². The summed E-state index contributed by atoms with van der Waals surface area (Å²) in [5.41, 5.74) is 7.96. The topological polar surface area (TPSA) is 43.1 Å². The number of rotatable bonds is 7. The Morgan fingerprint density at radius 1 is 1.18 bits per heavy atom. The summed E-state index contributed by atoms with van der Waals surface area (Å²) in [5.74, 6) is 0.161. The van der Waals surface area contributed by atoms with E-state index in [1.54, 1.807) is 0 Å². The molecule has 0 aliphatic carbocycles. The number of nitrogens with two attached hydrogens (primary N) is 1. The summed E-state index contributed by atoms with van der Waals surface area (Å²) in [6.07, 6.45) is 4.61. The molecule has 2 heteroatoms. The van der Waals surface area contributed by atoms with E-state index in [0.29, 0.717) is 6.42 Å². The highest BCUT2D eigenvalue weighted by molar-refractivity contribution is 5.96. The number of carbonyl (C=O) groups excluding carboxylic acids is 1. The molecule has 0 spiro atoms.